The van der Waals surface area contributed by atoms with Gasteiger partial charge in [0.15, 0.2) is 0 Å². The van der Waals surface area contributed by atoms with Crippen molar-refractivity contribution in [3.8, 4) is 0 Å². The van der Waals surface area contributed by atoms with Gasteiger partial charge in [-0.25, -0.2) is 0 Å². The fraction of sp³-hybridized carbons (Fsp3) is 0.0526. The van der Waals surface area contributed by atoms with Crippen LogP contribution in [0.1, 0.15) is 0 Å². The fourth-order valence-corrected chi connectivity index (χ4v) is 2.76. The molecule has 0 aliphatic carbocycles. The fourth-order valence-electron chi connectivity index (χ4n) is 2.76. The number of aryl methyl sites for hydroxylation is 1. The molecule has 2 aromatic carbocycles. The van der Waals surface area contributed by atoms with Crippen molar-refractivity contribution in [3.05, 3.63) is 83.5 Å². The SMILES string of the molecule is Cn1ccc2c3ccccc3oc3ccccc3c=2cc1. The van der Waals surface area contributed by atoms with Crippen molar-refractivity contribution in [3.63, 3.8) is 0 Å². The zero-order valence-corrected chi connectivity index (χ0v) is 11.8. The third kappa shape index (κ3) is 1.96. The first-order valence-electron chi connectivity index (χ1n) is 7.02. The van der Waals surface area contributed by atoms with Crippen LogP contribution in [0.25, 0.3) is 21.9 Å². The summed E-state index contributed by atoms with van der Waals surface area (Å²) in [6.07, 6.45) is 4.15. The first kappa shape index (κ1) is 12.0. The molecule has 2 heterocycles. The Hall–Kier alpha value is -2.74. The van der Waals surface area contributed by atoms with Crippen molar-refractivity contribution in [2.45, 2.75) is 0 Å². The second-order valence-electron chi connectivity index (χ2n) is 5.22. The van der Waals surface area contributed by atoms with Crippen molar-refractivity contribution < 1.29 is 4.42 Å². The van der Waals surface area contributed by atoms with E-state index in [-0.39, 0.29) is 0 Å². The summed E-state index contributed by atoms with van der Waals surface area (Å²) in [6.45, 7) is 0. The van der Waals surface area contributed by atoms with E-state index in [0.29, 0.717) is 0 Å². The van der Waals surface area contributed by atoms with Gasteiger partial charge < -0.3 is 8.98 Å². The molecule has 0 saturated heterocycles. The van der Waals surface area contributed by atoms with Gasteiger partial charge in [-0.05, 0) is 34.7 Å². The van der Waals surface area contributed by atoms with E-state index in [4.69, 9.17) is 4.42 Å². The predicted molar refractivity (Wildman–Crippen MR) is 85.6 cm³/mol. The number of aromatic nitrogens is 1. The second kappa shape index (κ2) is 4.67. The van der Waals surface area contributed by atoms with Crippen molar-refractivity contribution >= 4 is 21.9 Å². The zero-order valence-electron chi connectivity index (χ0n) is 11.8. The first-order chi connectivity index (χ1) is 10.3. The van der Waals surface area contributed by atoms with Crippen molar-refractivity contribution in [2.75, 3.05) is 0 Å². The van der Waals surface area contributed by atoms with Gasteiger partial charge in [-0.3, -0.25) is 0 Å². The smallest absolute Gasteiger partial charge is 0.135 e. The maximum absolute atomic E-state index is 6.14. The molecule has 2 aliphatic rings. The highest BCUT2D eigenvalue weighted by atomic mass is 16.3. The van der Waals surface area contributed by atoms with E-state index in [1.807, 2.05) is 31.3 Å². The zero-order chi connectivity index (χ0) is 14.2. The minimum atomic E-state index is 0.901. The van der Waals surface area contributed by atoms with Crippen LogP contribution in [0.5, 0.6) is 0 Å². The quantitative estimate of drug-likeness (QED) is 0.451. The van der Waals surface area contributed by atoms with Gasteiger partial charge in [0.05, 0.1) is 0 Å². The number of rotatable bonds is 0. The molecule has 0 aromatic heterocycles. The predicted octanol–water partition coefficient (Wildman–Crippen LogP) is 4.77. The van der Waals surface area contributed by atoms with Gasteiger partial charge in [-0.15, -0.1) is 0 Å². The Balaban J connectivity index is 2.49. The summed E-state index contributed by atoms with van der Waals surface area (Å²) in [6, 6.07) is 20.7. The van der Waals surface area contributed by atoms with E-state index in [1.165, 1.54) is 10.4 Å². The van der Waals surface area contributed by atoms with Crippen molar-refractivity contribution in [1.29, 1.82) is 0 Å². The summed E-state index contributed by atoms with van der Waals surface area (Å²) < 4.78 is 8.20. The Morgan fingerprint density at radius 3 is 1.67 bits per heavy atom. The lowest BCUT2D eigenvalue weighted by molar-refractivity contribution is 0.663. The van der Waals surface area contributed by atoms with Crippen molar-refractivity contribution in [2.24, 2.45) is 7.05 Å². The molecule has 21 heavy (non-hydrogen) atoms. The Kier molecular flexibility index (Phi) is 2.68. The van der Waals surface area contributed by atoms with E-state index in [9.17, 15) is 0 Å². The Morgan fingerprint density at radius 1 is 0.667 bits per heavy atom. The van der Waals surface area contributed by atoms with E-state index in [0.717, 1.165) is 21.9 Å². The third-order valence-electron chi connectivity index (χ3n) is 3.82. The number of nitrogens with zero attached hydrogens (tertiary/aromatic N) is 1. The Bertz CT molecular complexity index is 972. The van der Waals surface area contributed by atoms with Gasteiger partial charge in [-0.1, -0.05) is 36.4 Å². The Labute approximate surface area is 122 Å². The average Bonchev–Trinajstić information content (AvgIpc) is 2.78. The number of para-hydroxylation sites is 2. The number of fused-ring (bicyclic) bond motifs is 4. The van der Waals surface area contributed by atoms with Crippen LogP contribution in [-0.4, -0.2) is 4.57 Å². The number of benzene rings is 2. The molecule has 0 N–H and O–H groups in total. The molecule has 0 spiro atoms. The molecule has 2 aromatic rings. The van der Waals surface area contributed by atoms with Crippen LogP contribution in [0.3, 0.4) is 0 Å². The first-order valence-corrected chi connectivity index (χ1v) is 7.02. The normalized spacial score (nSPS) is 11.1. The van der Waals surface area contributed by atoms with E-state index < -0.39 is 0 Å². The van der Waals surface area contributed by atoms with Crippen LogP contribution in [0.4, 0.5) is 0 Å². The molecule has 0 bridgehead atoms. The lowest BCUT2D eigenvalue weighted by Crippen LogP contribution is -1.80. The summed E-state index contributed by atoms with van der Waals surface area (Å²) in [5, 5.41) is 4.63. The highest BCUT2D eigenvalue weighted by molar-refractivity contribution is 5.85. The molecule has 2 nitrogen and oxygen atoms in total. The number of hydrogen-bond acceptors (Lipinski definition) is 1. The molecule has 2 aliphatic heterocycles. The van der Waals surface area contributed by atoms with E-state index in [2.05, 4.69) is 53.4 Å². The van der Waals surface area contributed by atoms with Crippen LogP contribution in [0, 0.1) is 10.4 Å². The molecule has 0 saturated carbocycles. The minimum Gasteiger partial charge on any atom is -0.456 e. The summed E-state index contributed by atoms with van der Waals surface area (Å²) in [5.41, 5.74) is 1.80. The second-order valence-corrected chi connectivity index (χ2v) is 5.22. The minimum absolute atomic E-state index is 0.901. The lowest BCUT2D eigenvalue weighted by atomic mass is 10.1. The molecule has 4 rings (SSSR count). The van der Waals surface area contributed by atoms with Crippen LogP contribution in [-0.2, 0) is 7.05 Å². The molecule has 0 radical (unpaired) electrons. The highest BCUT2D eigenvalue weighted by Gasteiger charge is 2.02. The van der Waals surface area contributed by atoms with Crippen LogP contribution < -0.4 is 0 Å². The molecule has 0 amide bonds. The van der Waals surface area contributed by atoms with Gasteiger partial charge >= 0.3 is 0 Å². The monoisotopic (exact) mass is 273 g/mol. The topological polar surface area (TPSA) is 18.1 Å². The Morgan fingerprint density at radius 2 is 1.14 bits per heavy atom. The molecule has 2 heteroatoms. The number of hydrogen-bond donors (Lipinski definition) is 0. The van der Waals surface area contributed by atoms with Crippen molar-refractivity contribution in [1.82, 2.24) is 4.57 Å². The van der Waals surface area contributed by atoms with Gasteiger partial charge in [0.25, 0.3) is 0 Å². The molecule has 102 valence electrons. The average molecular weight is 273 g/mol. The standard InChI is InChI=1S/C19H15NO/c1-20-12-10-14-15(11-13-20)17-7-3-5-9-19(17)21-18-8-4-2-6-16(14)18/h2-13H,1H3. The van der Waals surface area contributed by atoms with Gasteiger partial charge in [-0.2, -0.15) is 0 Å². The maximum atomic E-state index is 6.14. The molecule has 0 atom stereocenters. The van der Waals surface area contributed by atoms with Crippen LogP contribution >= 0.6 is 0 Å². The summed E-state index contributed by atoms with van der Waals surface area (Å²) >= 11 is 0. The summed E-state index contributed by atoms with van der Waals surface area (Å²) in [5.74, 6) is 0. The molecular weight excluding hydrogens is 258 g/mol. The molecule has 0 unspecified atom stereocenters. The lowest BCUT2D eigenvalue weighted by Gasteiger charge is -1.92. The molecule has 0 fully saturated rings. The van der Waals surface area contributed by atoms with Crippen LogP contribution in [0.15, 0.2) is 77.5 Å². The maximum Gasteiger partial charge on any atom is 0.135 e. The van der Waals surface area contributed by atoms with Crippen LogP contribution in [0.2, 0.25) is 0 Å². The molecular formula is C19H15NO. The summed E-state index contributed by atoms with van der Waals surface area (Å²) in [7, 11) is 2.04. The van der Waals surface area contributed by atoms with E-state index >= 15 is 0 Å². The van der Waals surface area contributed by atoms with Gasteiger partial charge in [0, 0.05) is 30.2 Å². The third-order valence-corrected chi connectivity index (χ3v) is 3.82. The van der Waals surface area contributed by atoms with Gasteiger partial charge in [0.1, 0.15) is 11.2 Å². The highest BCUT2D eigenvalue weighted by Crippen LogP contribution is 2.22. The summed E-state index contributed by atoms with van der Waals surface area (Å²) in [4.78, 5) is 0. The van der Waals surface area contributed by atoms with Gasteiger partial charge in [0.2, 0.25) is 0 Å². The largest absolute Gasteiger partial charge is 0.456 e. The van der Waals surface area contributed by atoms with E-state index in [1.54, 1.807) is 0 Å².